The number of ether oxygens (including phenoxy) is 2. The van der Waals surface area contributed by atoms with Crippen molar-refractivity contribution in [2.75, 3.05) is 51.0 Å². The van der Waals surface area contributed by atoms with Gasteiger partial charge >= 0.3 is 0 Å². The zero-order chi connectivity index (χ0) is 22.9. The Morgan fingerprint density at radius 2 is 1.85 bits per heavy atom. The maximum Gasteiger partial charge on any atom is 0.227 e. The summed E-state index contributed by atoms with van der Waals surface area (Å²) in [5, 5.41) is 6.86. The van der Waals surface area contributed by atoms with Crippen molar-refractivity contribution in [3.63, 3.8) is 0 Å². The standard InChI is InChI=1S/C26H31N5O2/c1-31(2)13-12-27-24-9-8-23-17-22(24)19-33-15-4-3-14-32-18-20-6-5-7-21(16-20)25-10-11-28-26(29-23)30-25/h3-11,16-17,27H,12-15,18-19H2,1-2H3,(H,28,29,30). The van der Waals surface area contributed by atoms with Crippen LogP contribution in [0, 0.1) is 0 Å². The van der Waals surface area contributed by atoms with E-state index in [1.165, 1.54) is 0 Å². The van der Waals surface area contributed by atoms with E-state index in [0.717, 1.165) is 46.8 Å². The summed E-state index contributed by atoms with van der Waals surface area (Å²) in [7, 11) is 4.14. The van der Waals surface area contributed by atoms with Gasteiger partial charge in [0, 0.05) is 41.8 Å². The van der Waals surface area contributed by atoms with Crippen molar-refractivity contribution in [2.45, 2.75) is 13.2 Å². The van der Waals surface area contributed by atoms with Crippen molar-refractivity contribution in [2.24, 2.45) is 0 Å². The molecule has 6 bridgehead atoms. The molecule has 0 unspecified atom stereocenters. The van der Waals surface area contributed by atoms with Crippen molar-refractivity contribution < 1.29 is 9.47 Å². The number of hydrogen-bond donors (Lipinski definition) is 2. The molecular formula is C26H31N5O2. The van der Waals surface area contributed by atoms with E-state index in [-0.39, 0.29) is 0 Å². The van der Waals surface area contributed by atoms with E-state index < -0.39 is 0 Å². The van der Waals surface area contributed by atoms with Crippen LogP contribution >= 0.6 is 0 Å². The molecule has 0 amide bonds. The summed E-state index contributed by atoms with van der Waals surface area (Å²) in [5.74, 6) is 0.554. The first kappa shape index (κ1) is 22.9. The maximum absolute atomic E-state index is 5.91. The summed E-state index contributed by atoms with van der Waals surface area (Å²) in [6, 6.07) is 16.4. The molecule has 1 aliphatic rings. The Labute approximate surface area is 195 Å². The molecule has 0 saturated carbocycles. The van der Waals surface area contributed by atoms with Gasteiger partial charge < -0.3 is 25.0 Å². The fourth-order valence-electron chi connectivity index (χ4n) is 3.52. The van der Waals surface area contributed by atoms with Crippen molar-refractivity contribution in [1.82, 2.24) is 14.9 Å². The van der Waals surface area contributed by atoms with Crippen LogP contribution in [0.5, 0.6) is 0 Å². The second kappa shape index (κ2) is 11.6. The molecular weight excluding hydrogens is 414 g/mol. The fraction of sp³-hybridized carbons (Fsp3) is 0.308. The first-order chi connectivity index (χ1) is 16.2. The van der Waals surface area contributed by atoms with Gasteiger partial charge in [-0.1, -0.05) is 30.4 Å². The van der Waals surface area contributed by atoms with Gasteiger partial charge in [0.05, 0.1) is 32.1 Å². The topological polar surface area (TPSA) is 71.5 Å². The third-order valence-electron chi connectivity index (χ3n) is 5.24. The van der Waals surface area contributed by atoms with Crippen LogP contribution in [-0.4, -0.2) is 55.3 Å². The molecule has 0 saturated heterocycles. The monoisotopic (exact) mass is 445 g/mol. The Morgan fingerprint density at radius 1 is 1.00 bits per heavy atom. The van der Waals surface area contributed by atoms with E-state index in [1.807, 2.05) is 30.4 Å². The van der Waals surface area contributed by atoms with E-state index in [9.17, 15) is 0 Å². The van der Waals surface area contributed by atoms with Gasteiger partial charge in [0.2, 0.25) is 5.95 Å². The highest BCUT2D eigenvalue weighted by atomic mass is 16.5. The highest BCUT2D eigenvalue weighted by Crippen LogP contribution is 2.25. The van der Waals surface area contributed by atoms with Crippen LogP contribution in [0.4, 0.5) is 17.3 Å². The maximum atomic E-state index is 5.91. The van der Waals surface area contributed by atoms with E-state index in [1.54, 1.807) is 6.20 Å². The smallest absolute Gasteiger partial charge is 0.227 e. The molecule has 0 aliphatic carbocycles. The van der Waals surface area contributed by atoms with Gasteiger partial charge in [-0.2, -0.15) is 0 Å². The van der Waals surface area contributed by atoms with Crippen molar-refractivity contribution in [1.29, 1.82) is 0 Å². The van der Waals surface area contributed by atoms with Gasteiger partial charge in [0.15, 0.2) is 0 Å². The van der Waals surface area contributed by atoms with E-state index >= 15 is 0 Å². The van der Waals surface area contributed by atoms with E-state index in [2.05, 4.69) is 64.9 Å². The van der Waals surface area contributed by atoms with E-state index in [0.29, 0.717) is 32.4 Å². The third kappa shape index (κ3) is 6.86. The number of aromatic nitrogens is 2. The summed E-state index contributed by atoms with van der Waals surface area (Å²) in [5.41, 5.74) is 6.06. The minimum atomic E-state index is 0.497. The van der Waals surface area contributed by atoms with Crippen molar-refractivity contribution in [3.8, 4) is 11.3 Å². The molecule has 0 spiro atoms. The predicted octanol–water partition coefficient (Wildman–Crippen LogP) is 4.46. The summed E-state index contributed by atoms with van der Waals surface area (Å²) in [6.45, 7) is 3.91. The number of hydrogen-bond acceptors (Lipinski definition) is 7. The van der Waals surface area contributed by atoms with Crippen LogP contribution in [0.1, 0.15) is 11.1 Å². The molecule has 7 nitrogen and oxygen atoms in total. The number of nitrogens with one attached hydrogen (secondary N) is 2. The molecule has 1 aromatic heterocycles. The molecule has 0 radical (unpaired) electrons. The largest absolute Gasteiger partial charge is 0.383 e. The zero-order valence-electron chi connectivity index (χ0n) is 19.3. The molecule has 0 atom stereocenters. The molecule has 2 N–H and O–H groups in total. The lowest BCUT2D eigenvalue weighted by molar-refractivity contribution is 0.140. The van der Waals surface area contributed by atoms with Crippen LogP contribution < -0.4 is 10.6 Å². The highest BCUT2D eigenvalue weighted by Gasteiger charge is 2.08. The highest BCUT2D eigenvalue weighted by molar-refractivity contribution is 5.65. The fourth-order valence-corrected chi connectivity index (χ4v) is 3.52. The Hall–Kier alpha value is -3.26. The SMILES string of the molecule is CN(C)CCNc1ccc2cc1COCC=CCOCc1cccc(c1)-c1ccnc(n1)N2. The molecule has 4 rings (SSSR count). The normalized spacial score (nSPS) is 14.3. The molecule has 3 aromatic rings. The van der Waals surface area contributed by atoms with Crippen LogP contribution in [0.3, 0.4) is 0 Å². The first-order valence-electron chi connectivity index (χ1n) is 11.2. The second-order valence-electron chi connectivity index (χ2n) is 8.19. The third-order valence-corrected chi connectivity index (χ3v) is 5.24. The summed E-state index contributed by atoms with van der Waals surface area (Å²) in [4.78, 5) is 11.3. The predicted molar refractivity (Wildman–Crippen MR) is 133 cm³/mol. The molecule has 7 heteroatoms. The van der Waals surface area contributed by atoms with Crippen LogP contribution in [0.25, 0.3) is 11.3 Å². The second-order valence-corrected chi connectivity index (χ2v) is 8.19. The molecule has 33 heavy (non-hydrogen) atoms. The number of anilines is 3. The number of benzene rings is 2. The average Bonchev–Trinajstić information content (AvgIpc) is 2.81. The van der Waals surface area contributed by atoms with Gasteiger partial charge in [0.1, 0.15) is 0 Å². The van der Waals surface area contributed by atoms with Gasteiger partial charge in [-0.15, -0.1) is 0 Å². The number of likely N-dealkylation sites (N-methyl/N-ethyl adjacent to an activating group) is 1. The summed E-state index contributed by atoms with van der Waals surface area (Å²) >= 11 is 0. The van der Waals surface area contributed by atoms with Gasteiger partial charge in [0.25, 0.3) is 0 Å². The van der Waals surface area contributed by atoms with Crippen LogP contribution in [-0.2, 0) is 22.7 Å². The Bertz CT molecular complexity index is 1080. The minimum absolute atomic E-state index is 0.497. The van der Waals surface area contributed by atoms with Crippen LogP contribution in [0.15, 0.2) is 66.9 Å². The van der Waals surface area contributed by atoms with Crippen LogP contribution in [0.2, 0.25) is 0 Å². The lowest BCUT2D eigenvalue weighted by Crippen LogP contribution is -2.21. The molecule has 2 aromatic carbocycles. The van der Waals surface area contributed by atoms with Gasteiger partial charge in [-0.3, -0.25) is 0 Å². The number of nitrogens with zero attached hydrogens (tertiary/aromatic N) is 3. The van der Waals surface area contributed by atoms with Crippen molar-refractivity contribution in [3.05, 3.63) is 78.0 Å². The average molecular weight is 446 g/mol. The van der Waals surface area contributed by atoms with Crippen molar-refractivity contribution >= 4 is 17.3 Å². The number of rotatable bonds is 4. The lowest BCUT2D eigenvalue weighted by Gasteiger charge is -2.16. The Morgan fingerprint density at radius 3 is 2.70 bits per heavy atom. The molecule has 1 aliphatic heterocycles. The number of fused-ring (bicyclic) bond motifs is 7. The summed E-state index contributed by atoms with van der Waals surface area (Å²) in [6.07, 6.45) is 5.77. The zero-order valence-corrected chi connectivity index (χ0v) is 19.3. The molecule has 2 heterocycles. The lowest BCUT2D eigenvalue weighted by atomic mass is 10.1. The van der Waals surface area contributed by atoms with Gasteiger partial charge in [-0.25, -0.2) is 9.97 Å². The molecule has 172 valence electrons. The Balaban J connectivity index is 1.61. The van der Waals surface area contributed by atoms with E-state index in [4.69, 9.17) is 14.5 Å². The summed E-state index contributed by atoms with van der Waals surface area (Å²) < 4.78 is 11.7. The Kier molecular flexibility index (Phi) is 8.03. The molecule has 0 fully saturated rings. The quantitative estimate of drug-likeness (QED) is 0.575. The van der Waals surface area contributed by atoms with Gasteiger partial charge in [-0.05, 0) is 50.0 Å². The minimum Gasteiger partial charge on any atom is -0.383 e. The first-order valence-corrected chi connectivity index (χ1v) is 11.2.